The van der Waals surface area contributed by atoms with Crippen LogP contribution in [-0.4, -0.2) is 35.3 Å². The van der Waals surface area contributed by atoms with E-state index < -0.39 is 17.4 Å². The summed E-state index contributed by atoms with van der Waals surface area (Å²) in [6.07, 6.45) is -1.19. The Morgan fingerprint density at radius 2 is 2.39 bits per heavy atom. The van der Waals surface area contributed by atoms with Crippen LogP contribution in [0.25, 0.3) is 0 Å². The van der Waals surface area contributed by atoms with Crippen molar-refractivity contribution in [1.29, 1.82) is 0 Å². The van der Waals surface area contributed by atoms with E-state index in [1.54, 1.807) is 6.07 Å². The molecule has 1 aromatic rings. The number of nitrogens with one attached hydrogen (secondary N) is 1. The van der Waals surface area contributed by atoms with Gasteiger partial charge in [0.25, 0.3) is 0 Å². The molecule has 1 fully saturated rings. The second-order valence-corrected chi connectivity index (χ2v) is 6.93. The molecule has 4 N–H and O–H groups in total. The van der Waals surface area contributed by atoms with Crippen LogP contribution in [0.15, 0.2) is 23.2 Å². The zero-order chi connectivity index (χ0) is 16.6. The molecule has 1 aromatic carbocycles. The maximum Gasteiger partial charge on any atom is 0.410 e. The average molecular weight is 339 g/mol. The van der Waals surface area contributed by atoms with Crippen molar-refractivity contribution in [3.63, 3.8) is 0 Å². The third-order valence-electron chi connectivity index (χ3n) is 4.37. The monoisotopic (exact) mass is 339 g/mol. The summed E-state index contributed by atoms with van der Waals surface area (Å²) >= 11 is 1.33. The standard InChI is InChI=1S/C15H18FN3O3S/c1-8-5-22-7-15(10-4-9(17)2-3-12(10)16)11(8)6-23-13(19-15)18-14(20)21/h2-4,8,11H,5-7,17H2,1H3,(H,18,19)(H,20,21). The number of carbonyl (C=O) groups is 1. The molecule has 8 heteroatoms. The maximum atomic E-state index is 14.5. The van der Waals surface area contributed by atoms with Gasteiger partial charge >= 0.3 is 6.09 Å². The molecule has 3 atom stereocenters. The van der Waals surface area contributed by atoms with Crippen LogP contribution in [0.2, 0.25) is 0 Å². The molecule has 124 valence electrons. The minimum absolute atomic E-state index is 0.0388. The minimum atomic E-state index is -1.19. The van der Waals surface area contributed by atoms with E-state index in [4.69, 9.17) is 15.6 Å². The van der Waals surface area contributed by atoms with Gasteiger partial charge in [0.05, 0.1) is 6.61 Å². The molecule has 2 heterocycles. The van der Waals surface area contributed by atoms with Crippen LogP contribution in [-0.2, 0) is 10.3 Å². The first-order valence-corrected chi connectivity index (χ1v) is 8.27. The van der Waals surface area contributed by atoms with Crippen molar-refractivity contribution in [3.8, 4) is 0 Å². The number of rotatable bonds is 1. The number of anilines is 1. The van der Waals surface area contributed by atoms with E-state index in [1.807, 2.05) is 6.92 Å². The number of benzene rings is 1. The number of amidine groups is 1. The van der Waals surface area contributed by atoms with Crippen molar-refractivity contribution in [2.75, 3.05) is 24.7 Å². The Balaban J connectivity index is 2.14. The lowest BCUT2D eigenvalue weighted by Gasteiger charge is -2.47. The number of carboxylic acid groups (broad SMARTS) is 1. The third kappa shape index (κ3) is 2.88. The van der Waals surface area contributed by atoms with Crippen LogP contribution in [0.5, 0.6) is 0 Å². The van der Waals surface area contributed by atoms with E-state index in [2.05, 4.69) is 10.3 Å². The van der Waals surface area contributed by atoms with Gasteiger partial charge in [0.15, 0.2) is 5.17 Å². The van der Waals surface area contributed by atoms with Gasteiger partial charge in [-0.3, -0.25) is 5.32 Å². The van der Waals surface area contributed by atoms with E-state index in [0.717, 1.165) is 0 Å². The summed E-state index contributed by atoms with van der Waals surface area (Å²) in [5, 5.41) is 11.5. The first kappa shape index (κ1) is 16.1. The lowest BCUT2D eigenvalue weighted by atomic mass is 9.72. The Kier molecular flexibility index (Phi) is 4.20. The molecule has 1 saturated heterocycles. The number of aliphatic imine (C=N–C) groups is 1. The van der Waals surface area contributed by atoms with E-state index in [1.165, 1.54) is 23.9 Å². The molecule has 0 aliphatic carbocycles. The van der Waals surface area contributed by atoms with Crippen molar-refractivity contribution in [2.24, 2.45) is 16.8 Å². The smallest absolute Gasteiger partial charge is 0.410 e. The maximum absolute atomic E-state index is 14.5. The zero-order valence-corrected chi connectivity index (χ0v) is 13.4. The summed E-state index contributed by atoms with van der Waals surface area (Å²) in [4.78, 5) is 15.5. The Morgan fingerprint density at radius 3 is 3.13 bits per heavy atom. The fourth-order valence-corrected chi connectivity index (χ4v) is 4.59. The predicted molar refractivity (Wildman–Crippen MR) is 87.0 cm³/mol. The van der Waals surface area contributed by atoms with Crippen LogP contribution < -0.4 is 11.1 Å². The van der Waals surface area contributed by atoms with Gasteiger partial charge < -0.3 is 15.6 Å². The first-order valence-electron chi connectivity index (χ1n) is 7.28. The number of ether oxygens (including phenoxy) is 1. The Labute approximate surface area is 137 Å². The van der Waals surface area contributed by atoms with Gasteiger partial charge in [-0.15, -0.1) is 0 Å². The van der Waals surface area contributed by atoms with Crippen molar-refractivity contribution in [2.45, 2.75) is 12.5 Å². The highest BCUT2D eigenvalue weighted by atomic mass is 32.2. The van der Waals surface area contributed by atoms with Crippen LogP contribution in [0.1, 0.15) is 12.5 Å². The van der Waals surface area contributed by atoms with Crippen molar-refractivity contribution in [1.82, 2.24) is 5.32 Å². The lowest BCUT2D eigenvalue weighted by Crippen LogP contribution is -2.52. The van der Waals surface area contributed by atoms with E-state index >= 15 is 0 Å². The van der Waals surface area contributed by atoms with Gasteiger partial charge in [0.1, 0.15) is 11.4 Å². The Morgan fingerprint density at radius 1 is 1.61 bits per heavy atom. The fourth-order valence-electron chi connectivity index (χ4n) is 3.26. The fraction of sp³-hybridized carbons (Fsp3) is 0.467. The highest BCUT2D eigenvalue weighted by Gasteiger charge is 2.50. The van der Waals surface area contributed by atoms with Gasteiger partial charge in [-0.2, -0.15) is 0 Å². The second-order valence-electron chi connectivity index (χ2n) is 5.92. The first-order chi connectivity index (χ1) is 10.9. The van der Waals surface area contributed by atoms with Gasteiger partial charge in [-0.25, -0.2) is 14.2 Å². The zero-order valence-electron chi connectivity index (χ0n) is 12.6. The molecular formula is C15H18FN3O3S. The number of thioether (sulfide) groups is 1. The average Bonchev–Trinajstić information content (AvgIpc) is 2.49. The van der Waals surface area contributed by atoms with Gasteiger partial charge in [-0.05, 0) is 24.1 Å². The third-order valence-corrected chi connectivity index (χ3v) is 5.37. The number of hydrogen-bond donors (Lipinski definition) is 3. The molecule has 0 radical (unpaired) electrons. The Bertz CT molecular complexity index is 669. The van der Waals surface area contributed by atoms with Crippen LogP contribution in [0.3, 0.4) is 0 Å². The van der Waals surface area contributed by atoms with E-state index in [9.17, 15) is 9.18 Å². The summed E-state index contributed by atoms with van der Waals surface area (Å²) in [7, 11) is 0. The van der Waals surface area contributed by atoms with Crippen LogP contribution in [0, 0.1) is 17.7 Å². The topological polar surface area (TPSA) is 96.9 Å². The highest BCUT2D eigenvalue weighted by Crippen LogP contribution is 2.47. The number of amides is 1. The lowest BCUT2D eigenvalue weighted by molar-refractivity contribution is -0.0340. The molecule has 23 heavy (non-hydrogen) atoms. The number of halogens is 1. The normalized spacial score (nSPS) is 30.3. The molecule has 0 saturated carbocycles. The minimum Gasteiger partial charge on any atom is -0.465 e. The molecule has 0 bridgehead atoms. The molecule has 2 aliphatic rings. The molecule has 0 aromatic heterocycles. The van der Waals surface area contributed by atoms with Gasteiger partial charge in [0.2, 0.25) is 0 Å². The summed E-state index contributed by atoms with van der Waals surface area (Å²) in [5.74, 6) is 0.439. The van der Waals surface area contributed by atoms with E-state index in [-0.39, 0.29) is 23.6 Å². The quantitative estimate of drug-likeness (QED) is 0.682. The molecule has 6 nitrogen and oxygen atoms in total. The second kappa shape index (κ2) is 6.01. The molecular weight excluding hydrogens is 321 g/mol. The number of nitrogens with zero attached hydrogens (tertiary/aromatic N) is 1. The number of hydrogen-bond acceptors (Lipinski definition) is 5. The van der Waals surface area contributed by atoms with Crippen LogP contribution >= 0.6 is 11.8 Å². The largest absolute Gasteiger partial charge is 0.465 e. The molecule has 1 amide bonds. The van der Waals surface area contributed by atoms with Crippen molar-refractivity contribution in [3.05, 3.63) is 29.6 Å². The SMILES string of the molecule is CC1COCC2(c3cc(N)ccc3F)N=C(NC(=O)O)SCC12. The predicted octanol–water partition coefficient (Wildman–Crippen LogP) is 2.26. The van der Waals surface area contributed by atoms with Gasteiger partial charge in [-0.1, -0.05) is 18.7 Å². The van der Waals surface area contributed by atoms with Crippen molar-refractivity contribution < 1.29 is 19.0 Å². The number of nitrogen functional groups attached to an aromatic ring is 1. The summed E-state index contributed by atoms with van der Waals surface area (Å²) in [5.41, 5.74) is 5.67. The molecule has 3 unspecified atom stereocenters. The molecule has 0 spiro atoms. The van der Waals surface area contributed by atoms with Crippen LogP contribution in [0.4, 0.5) is 14.9 Å². The molecule has 3 rings (SSSR count). The van der Waals surface area contributed by atoms with Gasteiger partial charge in [0, 0.05) is 29.5 Å². The van der Waals surface area contributed by atoms with Crippen molar-refractivity contribution >= 4 is 28.7 Å². The van der Waals surface area contributed by atoms with E-state index in [0.29, 0.717) is 23.6 Å². The summed E-state index contributed by atoms with van der Waals surface area (Å²) in [6.45, 7) is 2.82. The number of fused-ring (bicyclic) bond motifs is 1. The summed E-state index contributed by atoms with van der Waals surface area (Å²) < 4.78 is 20.2. The Hall–Kier alpha value is -1.80. The molecule has 2 aliphatic heterocycles. The summed E-state index contributed by atoms with van der Waals surface area (Å²) in [6, 6.07) is 4.38. The highest BCUT2D eigenvalue weighted by molar-refractivity contribution is 8.13. The number of nitrogens with two attached hydrogens (primary N) is 1.